The lowest BCUT2D eigenvalue weighted by molar-refractivity contribution is 0.661. The van der Waals surface area contributed by atoms with Crippen molar-refractivity contribution in [2.45, 2.75) is 38.5 Å². The second-order valence-corrected chi connectivity index (χ2v) is 15.7. The molecule has 0 aliphatic heterocycles. The molecule has 2 aliphatic carbocycles. The monoisotopic (exact) mass is 638 g/mol. The fraction of sp³-hybridized carbons (Fsp3) is 0.125. The SMILES string of the molecule is CC1(C)c2ccccc2-c2cc3c(cc21)c1cc2c4ccccc4n(-c4ccccc4)c2c2c4cc5c(cc4n3c12)-c1ccccc1C5(C)C. The van der Waals surface area contributed by atoms with Crippen molar-refractivity contribution in [1.82, 2.24) is 8.97 Å². The molecule has 2 nitrogen and oxygen atoms in total. The van der Waals surface area contributed by atoms with Gasteiger partial charge in [-0.05, 0) is 93.0 Å². The van der Waals surface area contributed by atoms with Crippen LogP contribution in [-0.4, -0.2) is 8.97 Å². The Kier molecular flexibility index (Phi) is 4.67. The summed E-state index contributed by atoms with van der Waals surface area (Å²) in [6.45, 7) is 9.58. The number of para-hydroxylation sites is 2. The maximum Gasteiger partial charge on any atom is 0.0642 e. The number of rotatable bonds is 1. The maximum absolute atomic E-state index is 2.62. The van der Waals surface area contributed by atoms with E-state index in [4.69, 9.17) is 0 Å². The van der Waals surface area contributed by atoms with Crippen molar-refractivity contribution in [2.75, 3.05) is 0 Å². The van der Waals surface area contributed by atoms with Gasteiger partial charge in [-0.2, -0.15) is 0 Å². The van der Waals surface area contributed by atoms with E-state index in [1.807, 2.05) is 0 Å². The zero-order valence-electron chi connectivity index (χ0n) is 28.6. The number of benzene rings is 7. The summed E-state index contributed by atoms with van der Waals surface area (Å²) >= 11 is 0. The molecule has 0 fully saturated rings. The van der Waals surface area contributed by atoms with E-state index >= 15 is 0 Å². The third-order valence-corrected chi connectivity index (χ3v) is 12.6. The van der Waals surface area contributed by atoms with Gasteiger partial charge in [0.25, 0.3) is 0 Å². The van der Waals surface area contributed by atoms with Crippen molar-refractivity contribution < 1.29 is 0 Å². The first-order valence-corrected chi connectivity index (χ1v) is 17.9. The normalized spacial score (nSPS) is 15.5. The summed E-state index contributed by atoms with van der Waals surface area (Å²) < 4.78 is 5.13. The Bertz CT molecular complexity index is 3130. The van der Waals surface area contributed by atoms with Crippen LogP contribution in [0.4, 0.5) is 0 Å². The Morgan fingerprint density at radius 3 is 1.60 bits per heavy atom. The number of fused-ring (bicyclic) bond motifs is 16. The maximum atomic E-state index is 2.62. The average Bonchev–Trinajstić information content (AvgIpc) is 3.87. The number of aromatic nitrogens is 2. The zero-order valence-corrected chi connectivity index (χ0v) is 28.6. The molecule has 50 heavy (non-hydrogen) atoms. The third-order valence-electron chi connectivity index (χ3n) is 12.6. The molecule has 0 atom stereocenters. The van der Waals surface area contributed by atoms with Gasteiger partial charge in [0.15, 0.2) is 0 Å². The fourth-order valence-electron chi connectivity index (χ4n) is 10.3. The molecule has 0 spiro atoms. The van der Waals surface area contributed by atoms with Crippen molar-refractivity contribution >= 4 is 59.9 Å². The highest BCUT2D eigenvalue weighted by atomic mass is 15.0. The number of hydrogen-bond donors (Lipinski definition) is 0. The number of hydrogen-bond acceptors (Lipinski definition) is 0. The van der Waals surface area contributed by atoms with Crippen LogP contribution in [0.3, 0.4) is 0 Å². The van der Waals surface area contributed by atoms with Crippen LogP contribution < -0.4 is 0 Å². The van der Waals surface area contributed by atoms with Gasteiger partial charge < -0.3 is 8.97 Å². The van der Waals surface area contributed by atoms with Gasteiger partial charge in [-0.3, -0.25) is 0 Å². The van der Waals surface area contributed by atoms with E-state index in [0.717, 1.165) is 0 Å². The molecule has 0 saturated carbocycles. The molecule has 3 aromatic heterocycles. The van der Waals surface area contributed by atoms with Crippen molar-refractivity contribution in [1.29, 1.82) is 0 Å². The Hall–Kier alpha value is -5.86. The molecule has 0 saturated heterocycles. The van der Waals surface area contributed by atoms with Crippen LogP contribution >= 0.6 is 0 Å². The Balaban J connectivity index is 1.35. The van der Waals surface area contributed by atoms with E-state index in [9.17, 15) is 0 Å². The molecule has 0 radical (unpaired) electrons. The first-order valence-electron chi connectivity index (χ1n) is 17.9. The summed E-state index contributed by atoms with van der Waals surface area (Å²) in [7, 11) is 0. The van der Waals surface area contributed by atoms with Crippen LogP contribution in [0.5, 0.6) is 0 Å². The van der Waals surface area contributed by atoms with E-state index in [2.05, 4.69) is 170 Å². The smallest absolute Gasteiger partial charge is 0.0642 e. The van der Waals surface area contributed by atoms with Crippen molar-refractivity contribution in [3.05, 3.63) is 156 Å². The molecule has 0 amide bonds. The van der Waals surface area contributed by atoms with E-state index in [1.54, 1.807) is 0 Å². The van der Waals surface area contributed by atoms with Gasteiger partial charge >= 0.3 is 0 Å². The second kappa shape index (κ2) is 8.64. The fourth-order valence-corrected chi connectivity index (χ4v) is 10.3. The van der Waals surface area contributed by atoms with Gasteiger partial charge in [0, 0.05) is 48.8 Å². The minimum Gasteiger partial charge on any atom is -0.309 e. The Morgan fingerprint density at radius 2 is 0.920 bits per heavy atom. The highest BCUT2D eigenvalue weighted by Crippen LogP contribution is 2.55. The van der Waals surface area contributed by atoms with Crippen molar-refractivity contribution in [2.24, 2.45) is 0 Å². The minimum absolute atomic E-state index is 0.0665. The summed E-state index contributed by atoms with van der Waals surface area (Å²) in [5.41, 5.74) is 18.6. The largest absolute Gasteiger partial charge is 0.309 e. The molecule has 2 heteroatoms. The van der Waals surface area contributed by atoms with E-state index < -0.39 is 0 Å². The summed E-state index contributed by atoms with van der Waals surface area (Å²) in [5.74, 6) is 0. The lowest BCUT2D eigenvalue weighted by Crippen LogP contribution is -2.14. The first kappa shape index (κ1) is 27.0. The van der Waals surface area contributed by atoms with Crippen LogP contribution in [-0.2, 0) is 10.8 Å². The highest BCUT2D eigenvalue weighted by Gasteiger charge is 2.38. The molecular weight excluding hydrogens is 605 g/mol. The van der Waals surface area contributed by atoms with Gasteiger partial charge in [-0.15, -0.1) is 0 Å². The first-order chi connectivity index (χ1) is 24.3. The quantitative estimate of drug-likeness (QED) is 0.169. The van der Waals surface area contributed by atoms with Crippen LogP contribution in [0.2, 0.25) is 0 Å². The van der Waals surface area contributed by atoms with E-state index in [1.165, 1.54) is 110 Å². The molecule has 2 aliphatic rings. The van der Waals surface area contributed by atoms with Gasteiger partial charge in [-0.1, -0.05) is 113 Å². The van der Waals surface area contributed by atoms with Crippen LogP contribution in [0.25, 0.3) is 87.8 Å². The summed E-state index contributed by atoms with van der Waals surface area (Å²) in [6, 6.07) is 50.6. The van der Waals surface area contributed by atoms with Gasteiger partial charge in [0.2, 0.25) is 0 Å². The topological polar surface area (TPSA) is 9.34 Å². The van der Waals surface area contributed by atoms with Gasteiger partial charge in [0.1, 0.15) is 0 Å². The molecule has 10 aromatic rings. The standard InChI is InChI=1S/C48H34N2/c1-47(2)37-19-11-8-16-28(37)31-25-42-33(23-39(31)47)35-22-34-30-18-10-13-21-41(30)49(27-14-6-5-7-15-27)45(34)44-36-24-40-32(26-43(36)50(42)46(35)44)29-17-9-12-20-38(29)48(40,3)4/h5-26H,1-4H3. The predicted molar refractivity (Wildman–Crippen MR) is 211 cm³/mol. The molecule has 7 aromatic carbocycles. The van der Waals surface area contributed by atoms with Gasteiger partial charge in [-0.25, -0.2) is 0 Å². The van der Waals surface area contributed by atoms with Crippen molar-refractivity contribution in [3.63, 3.8) is 0 Å². The molecule has 12 rings (SSSR count). The lowest BCUT2D eigenvalue weighted by atomic mass is 9.82. The van der Waals surface area contributed by atoms with E-state index in [-0.39, 0.29) is 10.8 Å². The van der Waals surface area contributed by atoms with Crippen LogP contribution in [0.1, 0.15) is 49.9 Å². The molecule has 0 unspecified atom stereocenters. The highest BCUT2D eigenvalue weighted by molar-refractivity contribution is 6.34. The molecular formula is C48H34N2. The van der Waals surface area contributed by atoms with E-state index in [0.29, 0.717) is 0 Å². The molecule has 236 valence electrons. The molecule has 0 N–H and O–H groups in total. The van der Waals surface area contributed by atoms with Crippen molar-refractivity contribution in [3.8, 4) is 27.9 Å². The van der Waals surface area contributed by atoms with Gasteiger partial charge in [0.05, 0.1) is 27.6 Å². The summed E-state index contributed by atoms with van der Waals surface area (Å²) in [6.07, 6.45) is 0. The lowest BCUT2D eigenvalue weighted by Gasteiger charge is -2.21. The van der Waals surface area contributed by atoms with Crippen LogP contribution in [0, 0.1) is 0 Å². The van der Waals surface area contributed by atoms with Crippen LogP contribution in [0.15, 0.2) is 133 Å². The number of nitrogens with zero attached hydrogens (tertiary/aromatic N) is 2. The minimum atomic E-state index is -0.0878. The summed E-state index contributed by atoms with van der Waals surface area (Å²) in [5, 5.41) is 7.96. The Morgan fingerprint density at radius 1 is 0.380 bits per heavy atom. The second-order valence-electron chi connectivity index (χ2n) is 15.7. The predicted octanol–water partition coefficient (Wildman–Crippen LogP) is 12.5. The average molecular weight is 639 g/mol. The molecule has 3 heterocycles. The Labute approximate surface area is 290 Å². The molecule has 0 bridgehead atoms. The summed E-state index contributed by atoms with van der Waals surface area (Å²) in [4.78, 5) is 0. The third kappa shape index (κ3) is 2.96. The zero-order chi connectivity index (χ0) is 33.3.